The Morgan fingerprint density at radius 3 is 2.48 bits per heavy atom. The molecule has 0 aliphatic carbocycles. The average molecular weight is 339 g/mol. The lowest BCUT2D eigenvalue weighted by atomic mass is 10.0. The van der Waals surface area contributed by atoms with Crippen molar-refractivity contribution in [3.05, 3.63) is 71.3 Å². The Morgan fingerprint density at radius 2 is 1.76 bits per heavy atom. The Labute approximate surface area is 144 Å². The van der Waals surface area contributed by atoms with Crippen LogP contribution in [0.15, 0.2) is 54.6 Å². The number of cyclic esters (lactones) is 1. The number of hydrogen-bond donors (Lipinski definition) is 2. The van der Waals surface area contributed by atoms with E-state index in [9.17, 15) is 19.5 Å². The van der Waals surface area contributed by atoms with Gasteiger partial charge in [-0.3, -0.25) is 4.79 Å². The van der Waals surface area contributed by atoms with Gasteiger partial charge >= 0.3 is 11.9 Å². The maximum absolute atomic E-state index is 12.3. The number of carboxylic acid groups (broad SMARTS) is 1. The van der Waals surface area contributed by atoms with Crippen LogP contribution in [0.5, 0.6) is 0 Å². The normalized spacial score (nSPS) is 16.6. The molecular weight excluding hydrogens is 322 g/mol. The number of esters is 1. The van der Waals surface area contributed by atoms with Crippen molar-refractivity contribution in [2.75, 3.05) is 0 Å². The Hall–Kier alpha value is -3.15. The maximum Gasteiger partial charge on any atom is 0.339 e. The first kappa shape index (κ1) is 16.7. The van der Waals surface area contributed by atoms with Crippen molar-refractivity contribution < 1.29 is 24.2 Å². The largest absolute Gasteiger partial charge is 0.480 e. The highest BCUT2D eigenvalue weighted by Gasteiger charge is 2.33. The fourth-order valence-corrected chi connectivity index (χ4v) is 2.84. The van der Waals surface area contributed by atoms with Crippen LogP contribution in [0.2, 0.25) is 0 Å². The molecule has 128 valence electrons. The smallest absolute Gasteiger partial charge is 0.339 e. The number of nitrogens with one attached hydrogen (secondary N) is 1. The molecule has 1 aliphatic rings. The first-order valence-corrected chi connectivity index (χ1v) is 7.90. The van der Waals surface area contributed by atoms with Gasteiger partial charge in [0, 0.05) is 12.0 Å². The van der Waals surface area contributed by atoms with Crippen LogP contribution in [0, 0.1) is 0 Å². The number of ether oxygens (including phenoxy) is 1. The lowest BCUT2D eigenvalue weighted by Gasteiger charge is -2.16. The molecule has 2 atom stereocenters. The van der Waals surface area contributed by atoms with E-state index in [1.54, 1.807) is 36.4 Å². The predicted molar refractivity (Wildman–Crippen MR) is 88.9 cm³/mol. The van der Waals surface area contributed by atoms with Crippen molar-refractivity contribution in [2.24, 2.45) is 0 Å². The third kappa shape index (κ3) is 3.85. The van der Waals surface area contributed by atoms with Gasteiger partial charge < -0.3 is 15.2 Å². The SMILES string of the molecule is O=C(C[C@@H]1OC(=O)c2ccccc21)N[C@H](Cc1ccccc1)C(=O)O. The number of amides is 1. The molecule has 0 aromatic heterocycles. The summed E-state index contributed by atoms with van der Waals surface area (Å²) >= 11 is 0. The molecule has 1 amide bonds. The molecule has 0 fully saturated rings. The number of carbonyl (C=O) groups is 3. The quantitative estimate of drug-likeness (QED) is 0.786. The molecule has 25 heavy (non-hydrogen) atoms. The van der Waals surface area contributed by atoms with E-state index in [1.807, 2.05) is 18.2 Å². The van der Waals surface area contributed by atoms with Crippen LogP contribution in [-0.2, 0) is 20.7 Å². The Morgan fingerprint density at radius 1 is 1.08 bits per heavy atom. The van der Waals surface area contributed by atoms with Crippen LogP contribution in [-0.4, -0.2) is 29.0 Å². The standard InChI is InChI=1S/C19H17NO5/c21-17(11-16-13-8-4-5-9-14(13)19(24)25-16)20-15(18(22)23)10-12-6-2-1-3-7-12/h1-9,15-16H,10-11H2,(H,20,21)(H,22,23)/t15-,16+/m1/s1. The van der Waals surface area contributed by atoms with Crippen LogP contribution in [0.3, 0.4) is 0 Å². The van der Waals surface area contributed by atoms with Crippen LogP contribution in [0.4, 0.5) is 0 Å². The number of carboxylic acids is 1. The molecular formula is C19H17NO5. The second-order valence-electron chi connectivity index (χ2n) is 5.83. The molecule has 6 heteroatoms. The van der Waals surface area contributed by atoms with Crippen LogP contribution in [0.1, 0.15) is 34.0 Å². The monoisotopic (exact) mass is 339 g/mol. The third-order valence-electron chi connectivity index (χ3n) is 4.06. The predicted octanol–water partition coefficient (Wildman–Crippen LogP) is 2.10. The van der Waals surface area contributed by atoms with E-state index in [2.05, 4.69) is 5.32 Å². The molecule has 1 heterocycles. The van der Waals surface area contributed by atoms with Gasteiger partial charge in [0.1, 0.15) is 12.1 Å². The average Bonchev–Trinajstić information content (AvgIpc) is 2.91. The van der Waals surface area contributed by atoms with Crippen LogP contribution in [0.25, 0.3) is 0 Å². The highest BCUT2D eigenvalue weighted by Crippen LogP contribution is 2.32. The van der Waals surface area contributed by atoms with E-state index in [1.165, 1.54) is 0 Å². The van der Waals surface area contributed by atoms with Crippen molar-refractivity contribution in [1.29, 1.82) is 0 Å². The Balaban J connectivity index is 1.65. The van der Waals surface area contributed by atoms with Crippen molar-refractivity contribution in [3.63, 3.8) is 0 Å². The molecule has 0 bridgehead atoms. The second-order valence-corrected chi connectivity index (χ2v) is 5.83. The second kappa shape index (κ2) is 7.17. The van der Waals surface area contributed by atoms with Gasteiger partial charge in [0.15, 0.2) is 0 Å². The third-order valence-corrected chi connectivity index (χ3v) is 4.06. The maximum atomic E-state index is 12.3. The molecule has 2 aromatic carbocycles. The van der Waals surface area contributed by atoms with E-state index in [4.69, 9.17) is 4.74 Å². The molecule has 0 unspecified atom stereocenters. The minimum atomic E-state index is -1.11. The zero-order chi connectivity index (χ0) is 17.8. The summed E-state index contributed by atoms with van der Waals surface area (Å²) in [4.78, 5) is 35.5. The number of carbonyl (C=O) groups excluding carboxylic acids is 2. The van der Waals surface area contributed by atoms with E-state index >= 15 is 0 Å². The fourth-order valence-electron chi connectivity index (χ4n) is 2.84. The van der Waals surface area contributed by atoms with Crippen molar-refractivity contribution >= 4 is 17.8 Å². The number of aliphatic carboxylic acids is 1. The van der Waals surface area contributed by atoms with Crippen LogP contribution >= 0.6 is 0 Å². The Kier molecular flexibility index (Phi) is 4.79. The number of fused-ring (bicyclic) bond motifs is 1. The fraction of sp³-hybridized carbons (Fsp3) is 0.211. The zero-order valence-corrected chi connectivity index (χ0v) is 13.3. The molecule has 1 aliphatic heterocycles. The minimum Gasteiger partial charge on any atom is -0.480 e. The van der Waals surface area contributed by atoms with Crippen LogP contribution < -0.4 is 5.32 Å². The van der Waals surface area contributed by atoms with Gasteiger partial charge in [-0.15, -0.1) is 0 Å². The molecule has 3 rings (SSSR count). The van der Waals surface area contributed by atoms with Crippen molar-refractivity contribution in [3.8, 4) is 0 Å². The minimum absolute atomic E-state index is 0.110. The summed E-state index contributed by atoms with van der Waals surface area (Å²) in [5.74, 6) is -2.05. The number of benzene rings is 2. The summed E-state index contributed by atoms with van der Waals surface area (Å²) in [6, 6.07) is 14.9. The highest BCUT2D eigenvalue weighted by molar-refractivity contribution is 5.95. The van der Waals surface area contributed by atoms with Gasteiger partial charge in [0.25, 0.3) is 0 Å². The number of rotatable bonds is 6. The van der Waals surface area contributed by atoms with Gasteiger partial charge in [0.05, 0.1) is 12.0 Å². The highest BCUT2D eigenvalue weighted by atomic mass is 16.5. The summed E-state index contributed by atoms with van der Waals surface area (Å²) in [6.45, 7) is 0. The molecule has 0 spiro atoms. The topological polar surface area (TPSA) is 92.7 Å². The lowest BCUT2D eigenvalue weighted by Crippen LogP contribution is -2.42. The van der Waals surface area contributed by atoms with E-state index in [0.717, 1.165) is 5.56 Å². The van der Waals surface area contributed by atoms with Crippen molar-refractivity contribution in [1.82, 2.24) is 5.32 Å². The molecule has 0 saturated carbocycles. The summed E-state index contributed by atoms with van der Waals surface area (Å²) in [7, 11) is 0. The van der Waals surface area contributed by atoms with Gasteiger partial charge in [-0.05, 0) is 11.6 Å². The van der Waals surface area contributed by atoms with Gasteiger partial charge in [-0.25, -0.2) is 9.59 Å². The number of hydrogen-bond acceptors (Lipinski definition) is 4. The molecule has 2 N–H and O–H groups in total. The van der Waals surface area contributed by atoms with E-state index < -0.39 is 30.0 Å². The molecule has 0 radical (unpaired) electrons. The molecule has 6 nitrogen and oxygen atoms in total. The zero-order valence-electron chi connectivity index (χ0n) is 13.3. The van der Waals surface area contributed by atoms with E-state index in [-0.39, 0.29) is 12.8 Å². The summed E-state index contributed by atoms with van der Waals surface area (Å²) in [5, 5.41) is 11.9. The first-order chi connectivity index (χ1) is 12.0. The van der Waals surface area contributed by atoms with Gasteiger partial charge in [-0.2, -0.15) is 0 Å². The van der Waals surface area contributed by atoms with Gasteiger partial charge in [-0.1, -0.05) is 48.5 Å². The summed E-state index contributed by atoms with van der Waals surface area (Å²) in [6.07, 6.45) is -0.612. The molecule has 2 aromatic rings. The van der Waals surface area contributed by atoms with Gasteiger partial charge in [0.2, 0.25) is 5.91 Å². The Bertz CT molecular complexity index is 802. The van der Waals surface area contributed by atoms with E-state index in [0.29, 0.717) is 11.1 Å². The first-order valence-electron chi connectivity index (χ1n) is 7.90. The molecule has 0 saturated heterocycles. The lowest BCUT2D eigenvalue weighted by molar-refractivity contribution is -0.142. The van der Waals surface area contributed by atoms with Crippen molar-refractivity contribution in [2.45, 2.75) is 25.0 Å². The summed E-state index contributed by atoms with van der Waals surface area (Å²) in [5.41, 5.74) is 1.91. The summed E-state index contributed by atoms with van der Waals surface area (Å²) < 4.78 is 5.22.